The Morgan fingerprint density at radius 3 is 1.94 bits per heavy atom. The van der Waals surface area contributed by atoms with Crippen molar-refractivity contribution in [3.8, 4) is 0 Å². The number of carbonyl (C=O) groups is 3. The molecule has 1 aliphatic carbocycles. The minimum atomic E-state index is -0.820. The molecule has 2 atom stereocenters. The first-order valence-electron chi connectivity index (χ1n) is 18.1. The molecule has 2 saturated heterocycles. The number of morpholine rings is 2. The largest absolute Gasteiger partial charge is 0.377 e. The summed E-state index contributed by atoms with van der Waals surface area (Å²) in [6, 6.07) is 16.0. The molecule has 17 nitrogen and oxygen atoms in total. The molecule has 53 heavy (non-hydrogen) atoms. The van der Waals surface area contributed by atoms with Crippen LogP contribution >= 0.6 is 0 Å². The molecule has 0 spiro atoms. The lowest BCUT2D eigenvalue weighted by Crippen LogP contribution is -2.62. The Balaban J connectivity index is 1.05. The lowest BCUT2D eigenvalue weighted by molar-refractivity contribution is -0.760. The number of anilines is 2. The fraction of sp³-hybridized carbons (Fsp3) is 0.472. The molecule has 280 valence electrons. The zero-order chi connectivity index (χ0) is 36.6. The first-order chi connectivity index (χ1) is 25.9. The lowest BCUT2D eigenvalue weighted by atomic mass is 10.0. The minimum Gasteiger partial charge on any atom is -0.377 e. The summed E-state index contributed by atoms with van der Waals surface area (Å²) in [5.74, 6) is -0.765. The molecule has 2 aromatic heterocycles. The van der Waals surface area contributed by atoms with Crippen LogP contribution in [-0.2, 0) is 43.1 Å². The van der Waals surface area contributed by atoms with Gasteiger partial charge in [-0.1, -0.05) is 54.6 Å². The van der Waals surface area contributed by atoms with E-state index in [4.69, 9.17) is 18.5 Å². The van der Waals surface area contributed by atoms with Crippen LogP contribution in [0.1, 0.15) is 30.0 Å². The van der Waals surface area contributed by atoms with Gasteiger partial charge in [-0.15, -0.1) is 10.0 Å². The predicted molar refractivity (Wildman–Crippen MR) is 189 cm³/mol. The Labute approximate surface area is 306 Å². The summed E-state index contributed by atoms with van der Waals surface area (Å²) >= 11 is 0. The Kier molecular flexibility index (Phi) is 11.5. The van der Waals surface area contributed by atoms with Crippen molar-refractivity contribution in [2.24, 2.45) is 0 Å². The van der Waals surface area contributed by atoms with Crippen molar-refractivity contribution in [1.82, 2.24) is 20.8 Å². The smallest absolute Gasteiger partial charge is 0.305 e. The van der Waals surface area contributed by atoms with Crippen LogP contribution in [-0.4, -0.2) is 110 Å². The van der Waals surface area contributed by atoms with Crippen molar-refractivity contribution in [3.63, 3.8) is 0 Å². The minimum absolute atomic E-state index is 0.162. The molecule has 0 unspecified atom stereocenters. The van der Waals surface area contributed by atoms with Gasteiger partial charge in [-0.3, -0.25) is 39.4 Å². The highest BCUT2D eigenvalue weighted by Crippen LogP contribution is 2.26. The summed E-state index contributed by atoms with van der Waals surface area (Å²) in [6.45, 7) is 6.32. The monoisotopic (exact) mass is 730 g/mol. The van der Waals surface area contributed by atoms with Crippen LogP contribution in [0.15, 0.2) is 76.0 Å². The maximum atomic E-state index is 14.4. The van der Waals surface area contributed by atoms with Gasteiger partial charge >= 0.3 is 11.8 Å². The fourth-order valence-corrected chi connectivity index (χ4v) is 6.92. The Hall–Kier alpha value is -5.39. The summed E-state index contributed by atoms with van der Waals surface area (Å²) < 4.78 is 21.7. The van der Waals surface area contributed by atoms with E-state index in [2.05, 4.69) is 38.6 Å². The summed E-state index contributed by atoms with van der Waals surface area (Å²) in [5.41, 5.74) is 3.33. The zero-order valence-electron chi connectivity index (χ0n) is 29.8. The van der Waals surface area contributed by atoms with Crippen LogP contribution in [0.2, 0.25) is 0 Å². The lowest BCUT2D eigenvalue weighted by Gasteiger charge is -2.32. The number of nitrogens with zero attached hydrogens (tertiary/aromatic N) is 7. The molecule has 2 fully saturated rings. The second-order valence-corrected chi connectivity index (χ2v) is 13.4. The number of carbonyl (C=O) groups excluding carboxylic acids is 3. The maximum absolute atomic E-state index is 14.4. The third-order valence-electron chi connectivity index (χ3n) is 9.74. The second kappa shape index (κ2) is 17.0. The van der Waals surface area contributed by atoms with E-state index >= 15 is 0 Å². The van der Waals surface area contributed by atoms with E-state index in [0.29, 0.717) is 78.3 Å². The van der Waals surface area contributed by atoms with E-state index in [1.807, 2.05) is 52.5 Å². The van der Waals surface area contributed by atoms with Crippen molar-refractivity contribution in [2.45, 2.75) is 50.7 Å². The molecule has 0 bridgehead atoms. The third kappa shape index (κ3) is 9.16. The molecule has 0 saturated carbocycles. The summed E-state index contributed by atoms with van der Waals surface area (Å²) in [7, 11) is 0. The van der Waals surface area contributed by atoms with Gasteiger partial charge in [0, 0.05) is 6.04 Å². The summed E-state index contributed by atoms with van der Waals surface area (Å²) in [4.78, 5) is 46.5. The van der Waals surface area contributed by atoms with Crippen LogP contribution in [0, 0.1) is 0 Å². The molecule has 3 N–H and O–H groups in total. The van der Waals surface area contributed by atoms with E-state index in [-0.39, 0.29) is 36.2 Å². The van der Waals surface area contributed by atoms with Gasteiger partial charge in [0.05, 0.1) is 74.3 Å². The van der Waals surface area contributed by atoms with Crippen molar-refractivity contribution in [1.29, 1.82) is 0 Å². The van der Waals surface area contributed by atoms with Gasteiger partial charge in [0.1, 0.15) is 6.54 Å². The van der Waals surface area contributed by atoms with Crippen LogP contribution in [0.5, 0.6) is 0 Å². The van der Waals surface area contributed by atoms with Gasteiger partial charge in [0.15, 0.2) is 0 Å². The summed E-state index contributed by atoms with van der Waals surface area (Å²) in [6.07, 6.45) is 5.40. The first kappa shape index (κ1) is 36.0. The van der Waals surface area contributed by atoms with Crippen LogP contribution < -0.4 is 35.5 Å². The van der Waals surface area contributed by atoms with E-state index in [0.717, 1.165) is 16.7 Å². The van der Waals surface area contributed by atoms with E-state index in [9.17, 15) is 14.4 Å². The SMILES string of the molecule is C[C@H](N[C@@H](CCc1ccccc1)C(=O)Nc1c[n+](N2CCOCC2)no1)C(=O)N(CC(=O)Nc1c[n+](N2CCOCC2)no1)C1Cc2ccccc2C1. The van der Waals surface area contributed by atoms with Crippen LogP contribution in [0.25, 0.3) is 0 Å². The highest BCUT2D eigenvalue weighted by Gasteiger charge is 2.36. The molecule has 4 heterocycles. The quantitative estimate of drug-likeness (QED) is 0.145. The average molecular weight is 731 g/mol. The molecule has 3 amide bonds. The molecular weight excluding hydrogens is 684 g/mol. The Bertz CT molecular complexity index is 1820. The van der Waals surface area contributed by atoms with Gasteiger partial charge in [0.2, 0.25) is 28.3 Å². The molecular formula is C36H46N10O7+2. The molecule has 7 rings (SSSR count). The number of fused-ring (bicyclic) bond motifs is 1. The molecule has 2 aromatic carbocycles. The highest BCUT2D eigenvalue weighted by atomic mass is 16.5. The third-order valence-corrected chi connectivity index (χ3v) is 9.74. The van der Waals surface area contributed by atoms with Crippen molar-refractivity contribution >= 4 is 29.5 Å². The number of nitrogens with one attached hydrogen (secondary N) is 3. The molecule has 2 aliphatic heterocycles. The maximum Gasteiger partial charge on any atom is 0.305 e. The topological polar surface area (TPSA) is 175 Å². The van der Waals surface area contributed by atoms with E-state index in [1.165, 1.54) is 0 Å². The van der Waals surface area contributed by atoms with Crippen molar-refractivity contribution < 1.29 is 42.5 Å². The van der Waals surface area contributed by atoms with Crippen LogP contribution in [0.4, 0.5) is 11.8 Å². The van der Waals surface area contributed by atoms with Crippen molar-refractivity contribution in [3.05, 3.63) is 83.7 Å². The van der Waals surface area contributed by atoms with Crippen molar-refractivity contribution in [2.75, 3.05) is 79.8 Å². The number of hydrogen-bond acceptors (Lipinski definition) is 12. The van der Waals surface area contributed by atoms with Gasteiger partial charge in [0.25, 0.3) is 12.4 Å². The standard InChI is InChI=1S/C36H44N10O7/c1-26(37-31(12-11-27-7-3-2-4-8-27)35(48)39-34-25-46(41-53-34)43-15-19-51-20-16-43)36(49)44(30-21-28-9-5-6-10-29(28)22-30)23-32(47)38-33-24-45(40-52-33)42-13-17-50-18-14-42/h2-10,24-26,30-31,37H,11-23H2,1H3/p+2/t26-,31-/m0/s1. The molecule has 0 radical (unpaired) electrons. The predicted octanol–water partition coefficient (Wildman–Crippen LogP) is -0.273. The number of aryl methyl sites for hydroxylation is 1. The number of amides is 3. The molecule has 17 heteroatoms. The molecule has 4 aromatic rings. The zero-order valence-corrected chi connectivity index (χ0v) is 29.8. The molecule has 3 aliphatic rings. The fourth-order valence-electron chi connectivity index (χ4n) is 6.92. The average Bonchev–Trinajstić information content (AvgIpc) is 3.97. The van der Waals surface area contributed by atoms with Crippen LogP contribution in [0.3, 0.4) is 0 Å². The number of rotatable bonds is 14. The Morgan fingerprint density at radius 2 is 1.36 bits per heavy atom. The number of ether oxygens (including phenoxy) is 2. The van der Waals surface area contributed by atoms with Gasteiger partial charge in [-0.2, -0.15) is 0 Å². The normalized spacial score (nSPS) is 17.2. The number of hydrogen-bond donors (Lipinski definition) is 3. The van der Waals surface area contributed by atoms with Gasteiger partial charge in [-0.05, 0) is 49.3 Å². The summed E-state index contributed by atoms with van der Waals surface area (Å²) in [5, 5.41) is 20.9. The Morgan fingerprint density at radius 1 is 0.811 bits per heavy atom. The number of benzene rings is 2. The van der Waals surface area contributed by atoms with Gasteiger partial charge < -0.3 is 14.4 Å². The number of aromatic nitrogens is 4. The van der Waals surface area contributed by atoms with E-state index in [1.54, 1.807) is 33.8 Å². The van der Waals surface area contributed by atoms with E-state index < -0.39 is 18.0 Å². The highest BCUT2D eigenvalue weighted by molar-refractivity contribution is 5.96. The second-order valence-electron chi connectivity index (χ2n) is 13.4. The first-order valence-corrected chi connectivity index (χ1v) is 18.1. The van der Waals surface area contributed by atoms with Gasteiger partial charge in [-0.25, -0.2) is 0 Å².